The third-order valence-corrected chi connectivity index (χ3v) is 6.39. The lowest BCUT2D eigenvalue weighted by Gasteiger charge is -2.31. The molecule has 2 heterocycles. The highest BCUT2D eigenvalue weighted by molar-refractivity contribution is 7.14. The van der Waals surface area contributed by atoms with Gasteiger partial charge in [-0.25, -0.2) is 0 Å². The lowest BCUT2D eigenvalue weighted by atomic mass is 9.93. The van der Waals surface area contributed by atoms with Crippen LogP contribution in [0.2, 0.25) is 0 Å². The van der Waals surface area contributed by atoms with Crippen molar-refractivity contribution in [1.82, 2.24) is 10.2 Å². The van der Waals surface area contributed by atoms with E-state index in [2.05, 4.69) is 16.3 Å². The molecule has 0 atom stereocenters. The quantitative estimate of drug-likeness (QED) is 0.830. The summed E-state index contributed by atoms with van der Waals surface area (Å²) in [6.45, 7) is 2.97. The van der Waals surface area contributed by atoms with Crippen molar-refractivity contribution >= 4 is 29.7 Å². The van der Waals surface area contributed by atoms with Gasteiger partial charge in [-0.15, -0.1) is 23.7 Å². The first-order chi connectivity index (χ1) is 10.8. The van der Waals surface area contributed by atoms with Gasteiger partial charge in [-0.2, -0.15) is 0 Å². The first-order valence-electron chi connectivity index (χ1n) is 8.83. The molecule has 0 unspecified atom stereocenters. The monoisotopic (exact) mass is 356 g/mol. The van der Waals surface area contributed by atoms with E-state index in [4.69, 9.17) is 0 Å². The molecule has 0 saturated carbocycles. The maximum absolute atomic E-state index is 12.7. The Labute approximate surface area is 150 Å². The largest absolute Gasteiger partial charge is 0.338 e. The Kier molecular flexibility index (Phi) is 7.38. The number of fused-ring (bicyclic) bond motifs is 1. The van der Waals surface area contributed by atoms with Gasteiger partial charge in [0.25, 0.3) is 5.91 Å². The standard InChI is InChI=1S/C18H28N2OS.ClH/c1-19-10-7-14-8-11-20(12-9-14)18(21)17-13-15-5-3-2-4-6-16(15)22-17;/h13-14,19H,2-12H2,1H3;1H. The maximum Gasteiger partial charge on any atom is 0.263 e. The van der Waals surface area contributed by atoms with E-state index in [-0.39, 0.29) is 18.3 Å². The van der Waals surface area contributed by atoms with Crippen LogP contribution < -0.4 is 5.32 Å². The number of thiophene rings is 1. The molecule has 1 saturated heterocycles. The lowest BCUT2D eigenvalue weighted by Crippen LogP contribution is -2.38. The van der Waals surface area contributed by atoms with Crippen LogP contribution in [0.1, 0.15) is 58.6 Å². The van der Waals surface area contributed by atoms with Gasteiger partial charge >= 0.3 is 0 Å². The van der Waals surface area contributed by atoms with Gasteiger partial charge < -0.3 is 10.2 Å². The molecule has 1 amide bonds. The summed E-state index contributed by atoms with van der Waals surface area (Å²) < 4.78 is 0. The first-order valence-corrected chi connectivity index (χ1v) is 9.65. The molecule has 2 aliphatic rings. The van der Waals surface area contributed by atoms with E-state index in [1.807, 2.05) is 7.05 Å². The normalized spacial score (nSPS) is 18.9. The molecule has 5 heteroatoms. The van der Waals surface area contributed by atoms with E-state index in [1.54, 1.807) is 11.3 Å². The van der Waals surface area contributed by atoms with E-state index in [0.29, 0.717) is 0 Å². The molecule has 3 nitrogen and oxygen atoms in total. The summed E-state index contributed by atoms with van der Waals surface area (Å²) in [5.41, 5.74) is 1.45. The summed E-state index contributed by atoms with van der Waals surface area (Å²) >= 11 is 1.76. The van der Waals surface area contributed by atoms with Crippen LogP contribution in [0.4, 0.5) is 0 Å². The Morgan fingerprint density at radius 1 is 1.26 bits per heavy atom. The summed E-state index contributed by atoms with van der Waals surface area (Å²) in [6.07, 6.45) is 9.84. The summed E-state index contributed by atoms with van der Waals surface area (Å²) in [5, 5.41) is 3.23. The van der Waals surface area contributed by atoms with Crippen LogP contribution in [0.25, 0.3) is 0 Å². The number of carbonyl (C=O) groups excluding carboxylic acids is 1. The number of hydrogen-bond donors (Lipinski definition) is 1. The average molecular weight is 357 g/mol. The number of hydrogen-bond acceptors (Lipinski definition) is 3. The summed E-state index contributed by atoms with van der Waals surface area (Å²) in [6, 6.07) is 2.20. The van der Waals surface area contributed by atoms with E-state index in [1.165, 1.54) is 61.8 Å². The van der Waals surface area contributed by atoms with Crippen LogP contribution in [-0.2, 0) is 12.8 Å². The van der Waals surface area contributed by atoms with Gasteiger partial charge in [0, 0.05) is 18.0 Å². The Balaban J connectivity index is 0.00000192. The Morgan fingerprint density at radius 2 is 2.00 bits per heavy atom. The van der Waals surface area contributed by atoms with Crippen molar-refractivity contribution in [1.29, 1.82) is 0 Å². The second kappa shape index (κ2) is 9.05. The van der Waals surface area contributed by atoms with Gasteiger partial charge in [-0.1, -0.05) is 6.42 Å². The highest BCUT2D eigenvalue weighted by Gasteiger charge is 2.25. The van der Waals surface area contributed by atoms with Crippen molar-refractivity contribution in [3.05, 3.63) is 21.4 Å². The molecule has 1 aliphatic heterocycles. The molecule has 0 radical (unpaired) electrons. The zero-order valence-corrected chi connectivity index (χ0v) is 15.7. The van der Waals surface area contributed by atoms with Crippen LogP contribution in [0, 0.1) is 5.92 Å². The number of rotatable bonds is 4. The molecule has 3 rings (SSSR count). The Morgan fingerprint density at radius 3 is 2.74 bits per heavy atom. The molecule has 1 fully saturated rings. The minimum Gasteiger partial charge on any atom is -0.338 e. The van der Waals surface area contributed by atoms with Crippen molar-refractivity contribution in [3.8, 4) is 0 Å². The first kappa shape index (κ1) is 18.8. The second-order valence-corrected chi connectivity index (χ2v) is 7.88. The van der Waals surface area contributed by atoms with Gasteiger partial charge in [-0.05, 0) is 76.1 Å². The molecule has 23 heavy (non-hydrogen) atoms. The fraction of sp³-hybridized carbons (Fsp3) is 0.722. The minimum absolute atomic E-state index is 0. The predicted molar refractivity (Wildman–Crippen MR) is 100.0 cm³/mol. The van der Waals surface area contributed by atoms with Crippen molar-refractivity contribution in [3.63, 3.8) is 0 Å². The van der Waals surface area contributed by atoms with E-state index < -0.39 is 0 Å². The smallest absolute Gasteiger partial charge is 0.263 e. The average Bonchev–Trinajstić information content (AvgIpc) is 2.83. The highest BCUT2D eigenvalue weighted by atomic mass is 35.5. The predicted octanol–water partition coefficient (Wildman–Crippen LogP) is 3.90. The molecule has 1 aromatic rings. The van der Waals surface area contributed by atoms with Crippen molar-refractivity contribution in [2.75, 3.05) is 26.7 Å². The maximum atomic E-state index is 12.7. The number of piperidine rings is 1. The number of likely N-dealkylation sites (tertiary alicyclic amines) is 1. The molecule has 130 valence electrons. The zero-order chi connectivity index (χ0) is 15.4. The number of amides is 1. The van der Waals surface area contributed by atoms with Crippen molar-refractivity contribution in [2.45, 2.75) is 51.4 Å². The summed E-state index contributed by atoms with van der Waals surface area (Å²) in [5.74, 6) is 1.07. The molecular formula is C18H29ClN2OS. The SMILES string of the molecule is CNCCC1CCN(C(=O)c2cc3c(s2)CCCCC3)CC1.Cl. The van der Waals surface area contributed by atoms with Crippen molar-refractivity contribution in [2.24, 2.45) is 5.92 Å². The summed E-state index contributed by atoms with van der Waals surface area (Å²) in [7, 11) is 2.01. The second-order valence-electron chi connectivity index (χ2n) is 6.75. The van der Waals surface area contributed by atoms with E-state index >= 15 is 0 Å². The summed E-state index contributed by atoms with van der Waals surface area (Å²) in [4.78, 5) is 17.3. The van der Waals surface area contributed by atoms with Gasteiger partial charge in [0.1, 0.15) is 0 Å². The van der Waals surface area contributed by atoms with Gasteiger partial charge in [0.2, 0.25) is 0 Å². The molecule has 0 bridgehead atoms. The number of nitrogens with zero attached hydrogens (tertiary/aromatic N) is 1. The number of halogens is 1. The molecule has 1 aromatic heterocycles. The third-order valence-electron chi connectivity index (χ3n) is 5.16. The number of carbonyl (C=O) groups is 1. The van der Waals surface area contributed by atoms with E-state index in [0.717, 1.165) is 30.4 Å². The molecular weight excluding hydrogens is 328 g/mol. The van der Waals surface area contributed by atoms with Crippen LogP contribution in [0.3, 0.4) is 0 Å². The van der Waals surface area contributed by atoms with E-state index in [9.17, 15) is 4.79 Å². The molecule has 0 aromatic carbocycles. The van der Waals surface area contributed by atoms with Crippen LogP contribution in [0.5, 0.6) is 0 Å². The van der Waals surface area contributed by atoms with Gasteiger partial charge in [-0.3, -0.25) is 4.79 Å². The zero-order valence-electron chi connectivity index (χ0n) is 14.1. The third kappa shape index (κ3) is 4.71. The van der Waals surface area contributed by atoms with Crippen LogP contribution >= 0.6 is 23.7 Å². The molecule has 1 N–H and O–H groups in total. The lowest BCUT2D eigenvalue weighted by molar-refractivity contribution is 0.0692. The fourth-order valence-electron chi connectivity index (χ4n) is 3.70. The van der Waals surface area contributed by atoms with Crippen molar-refractivity contribution < 1.29 is 4.79 Å². The molecule has 1 aliphatic carbocycles. The Bertz CT molecular complexity index is 486. The Hall–Kier alpha value is -0.580. The van der Waals surface area contributed by atoms with Gasteiger partial charge in [0.05, 0.1) is 4.88 Å². The van der Waals surface area contributed by atoms with Crippen LogP contribution in [-0.4, -0.2) is 37.5 Å². The number of aryl methyl sites for hydroxylation is 2. The topological polar surface area (TPSA) is 32.3 Å². The number of nitrogens with one attached hydrogen (secondary N) is 1. The molecule has 0 spiro atoms. The highest BCUT2D eigenvalue weighted by Crippen LogP contribution is 2.30. The van der Waals surface area contributed by atoms with Crippen LogP contribution in [0.15, 0.2) is 6.07 Å². The van der Waals surface area contributed by atoms with Gasteiger partial charge in [0.15, 0.2) is 0 Å². The fourth-order valence-corrected chi connectivity index (χ4v) is 4.92. The minimum atomic E-state index is 0.